The molecule has 1 N–H and O–H groups in total. The number of benzene rings is 1. The van der Waals surface area contributed by atoms with Gasteiger partial charge < -0.3 is 9.52 Å². The van der Waals surface area contributed by atoms with Crippen LogP contribution in [0.1, 0.15) is 5.56 Å². The molecule has 2 nitrogen and oxygen atoms in total. The van der Waals surface area contributed by atoms with E-state index in [1.165, 1.54) is 0 Å². The Hall–Kier alpha value is -0.960. The summed E-state index contributed by atoms with van der Waals surface area (Å²) < 4.78 is 5.64. The fraction of sp³-hybridized carbons (Fsp3) is 0.111. The Morgan fingerprint density at radius 3 is 2.83 bits per heavy atom. The van der Waals surface area contributed by atoms with Gasteiger partial charge in [-0.15, -0.1) is 0 Å². The van der Waals surface area contributed by atoms with Gasteiger partial charge in [0.1, 0.15) is 5.58 Å². The van der Waals surface area contributed by atoms with E-state index in [0.717, 1.165) is 10.9 Å². The van der Waals surface area contributed by atoms with Crippen molar-refractivity contribution >= 4 is 26.9 Å². The molecule has 62 valence electrons. The summed E-state index contributed by atoms with van der Waals surface area (Å²) >= 11 is 3.13. The lowest BCUT2D eigenvalue weighted by Crippen LogP contribution is -1.71. The highest BCUT2D eigenvalue weighted by molar-refractivity contribution is 9.10. The molecule has 2 aromatic rings. The summed E-state index contributed by atoms with van der Waals surface area (Å²) in [4.78, 5) is 0. The van der Waals surface area contributed by atoms with Crippen LogP contribution in [0.15, 0.2) is 27.3 Å². The van der Waals surface area contributed by atoms with E-state index in [9.17, 15) is 5.11 Å². The van der Waals surface area contributed by atoms with Crippen LogP contribution >= 0.6 is 15.9 Å². The number of furan rings is 1. The van der Waals surface area contributed by atoms with Crippen molar-refractivity contribution in [2.75, 3.05) is 0 Å². The molecule has 0 fully saturated rings. The minimum Gasteiger partial charge on any atom is -0.503 e. The fourth-order valence-electron chi connectivity index (χ4n) is 1.27. The fourth-order valence-corrected chi connectivity index (χ4v) is 1.65. The second-order valence-corrected chi connectivity index (χ2v) is 3.39. The molecule has 0 amide bonds. The summed E-state index contributed by atoms with van der Waals surface area (Å²) in [5.41, 5.74) is 1.72. The Labute approximate surface area is 77.9 Å². The van der Waals surface area contributed by atoms with Gasteiger partial charge in [0, 0.05) is 0 Å². The van der Waals surface area contributed by atoms with Gasteiger partial charge in [-0.25, -0.2) is 0 Å². The summed E-state index contributed by atoms with van der Waals surface area (Å²) in [6.45, 7) is 1.93. The Morgan fingerprint density at radius 2 is 2.17 bits per heavy atom. The zero-order valence-corrected chi connectivity index (χ0v) is 8.05. The van der Waals surface area contributed by atoms with Crippen molar-refractivity contribution in [1.82, 2.24) is 0 Å². The van der Waals surface area contributed by atoms with Crippen molar-refractivity contribution in [2.24, 2.45) is 0 Å². The summed E-state index contributed by atoms with van der Waals surface area (Å²) in [6, 6.07) is 5.66. The highest BCUT2D eigenvalue weighted by atomic mass is 79.9. The van der Waals surface area contributed by atoms with Crippen LogP contribution in [0.3, 0.4) is 0 Å². The van der Waals surface area contributed by atoms with Crippen LogP contribution in [0.5, 0.6) is 5.75 Å². The minimum atomic E-state index is 0.183. The Balaban J connectivity index is 2.97. The second-order valence-electron chi connectivity index (χ2n) is 2.67. The first-order chi connectivity index (χ1) is 5.70. The molecule has 3 heteroatoms. The van der Waals surface area contributed by atoms with E-state index >= 15 is 0 Å². The van der Waals surface area contributed by atoms with Crippen LogP contribution in [0, 0.1) is 6.92 Å². The predicted octanol–water partition coefficient (Wildman–Crippen LogP) is 3.21. The van der Waals surface area contributed by atoms with E-state index in [0.29, 0.717) is 10.3 Å². The average Bonchev–Trinajstić information content (AvgIpc) is 2.29. The van der Waals surface area contributed by atoms with Gasteiger partial charge >= 0.3 is 0 Å². The highest BCUT2D eigenvalue weighted by Gasteiger charge is 2.11. The quantitative estimate of drug-likeness (QED) is 0.749. The number of hydrogen-bond donors (Lipinski definition) is 1. The third-order valence-electron chi connectivity index (χ3n) is 1.86. The largest absolute Gasteiger partial charge is 0.503 e. The van der Waals surface area contributed by atoms with Crippen LogP contribution in [0.4, 0.5) is 0 Å². The maximum atomic E-state index is 9.54. The van der Waals surface area contributed by atoms with E-state index in [-0.39, 0.29) is 5.75 Å². The van der Waals surface area contributed by atoms with Gasteiger partial charge in [0.25, 0.3) is 0 Å². The van der Waals surface area contributed by atoms with E-state index in [1.54, 1.807) is 0 Å². The lowest BCUT2D eigenvalue weighted by molar-refractivity contribution is 0.453. The molecule has 0 aliphatic rings. The molecule has 0 aliphatic carbocycles. The number of rotatable bonds is 0. The van der Waals surface area contributed by atoms with Crippen LogP contribution in [0.25, 0.3) is 11.0 Å². The minimum absolute atomic E-state index is 0.183. The number of aryl methyl sites for hydroxylation is 1. The van der Waals surface area contributed by atoms with E-state index in [4.69, 9.17) is 4.42 Å². The first-order valence-corrected chi connectivity index (χ1v) is 4.36. The van der Waals surface area contributed by atoms with Gasteiger partial charge in [-0.1, -0.05) is 12.1 Å². The summed E-state index contributed by atoms with van der Waals surface area (Å²) in [6.07, 6.45) is 0. The second kappa shape index (κ2) is 2.52. The summed E-state index contributed by atoms with van der Waals surface area (Å²) in [7, 11) is 0. The smallest absolute Gasteiger partial charge is 0.212 e. The van der Waals surface area contributed by atoms with Gasteiger partial charge in [0.15, 0.2) is 5.75 Å². The van der Waals surface area contributed by atoms with Crippen molar-refractivity contribution in [2.45, 2.75) is 6.92 Å². The number of aromatic hydroxyl groups is 1. The molecule has 1 aromatic carbocycles. The summed E-state index contributed by atoms with van der Waals surface area (Å²) in [5, 5.41) is 10.3. The van der Waals surface area contributed by atoms with Crippen molar-refractivity contribution in [3.63, 3.8) is 0 Å². The van der Waals surface area contributed by atoms with Crippen LogP contribution < -0.4 is 0 Å². The van der Waals surface area contributed by atoms with Crippen molar-refractivity contribution in [1.29, 1.82) is 0 Å². The maximum Gasteiger partial charge on any atom is 0.212 e. The van der Waals surface area contributed by atoms with Gasteiger partial charge in [0.05, 0.1) is 5.39 Å². The van der Waals surface area contributed by atoms with Gasteiger partial charge in [-0.3, -0.25) is 0 Å². The molecular weight excluding hydrogens is 220 g/mol. The van der Waals surface area contributed by atoms with E-state index in [1.807, 2.05) is 25.1 Å². The van der Waals surface area contributed by atoms with Crippen molar-refractivity contribution in [3.05, 3.63) is 28.4 Å². The highest BCUT2D eigenvalue weighted by Crippen LogP contribution is 2.37. The molecule has 2 rings (SSSR count). The van der Waals surface area contributed by atoms with Crippen LogP contribution in [-0.2, 0) is 0 Å². The Bertz CT molecular complexity index is 431. The summed E-state index contributed by atoms with van der Waals surface area (Å²) in [5.74, 6) is 0.183. The number of hydrogen-bond acceptors (Lipinski definition) is 2. The third kappa shape index (κ3) is 0.932. The maximum absolute atomic E-state index is 9.54. The first-order valence-electron chi connectivity index (χ1n) is 3.56. The Kier molecular flexibility index (Phi) is 1.61. The standard InChI is InChI=1S/C9H7BrO2/c1-5-3-2-4-6-7(5)8(11)9(10)12-6/h2-4,11H,1H3. The molecule has 0 radical (unpaired) electrons. The van der Waals surface area contributed by atoms with Crippen molar-refractivity contribution in [3.8, 4) is 5.75 Å². The van der Waals surface area contributed by atoms with Gasteiger partial charge in [0.2, 0.25) is 4.67 Å². The van der Waals surface area contributed by atoms with E-state index < -0.39 is 0 Å². The van der Waals surface area contributed by atoms with Crippen LogP contribution in [-0.4, -0.2) is 5.11 Å². The monoisotopic (exact) mass is 226 g/mol. The molecule has 12 heavy (non-hydrogen) atoms. The SMILES string of the molecule is Cc1cccc2oc(Br)c(O)c12. The molecule has 0 bridgehead atoms. The molecule has 0 saturated heterocycles. The van der Waals surface area contributed by atoms with E-state index in [2.05, 4.69) is 15.9 Å². The molecule has 0 saturated carbocycles. The lowest BCUT2D eigenvalue weighted by Gasteiger charge is -1.92. The number of fused-ring (bicyclic) bond motifs is 1. The molecular formula is C9H7BrO2. The zero-order chi connectivity index (χ0) is 8.72. The topological polar surface area (TPSA) is 33.4 Å². The third-order valence-corrected chi connectivity index (χ3v) is 2.39. The molecule has 0 atom stereocenters. The number of halogens is 1. The van der Waals surface area contributed by atoms with Crippen LogP contribution in [0.2, 0.25) is 0 Å². The molecule has 1 aromatic heterocycles. The molecule has 0 spiro atoms. The molecule has 1 heterocycles. The zero-order valence-electron chi connectivity index (χ0n) is 6.47. The van der Waals surface area contributed by atoms with Gasteiger partial charge in [-0.2, -0.15) is 0 Å². The lowest BCUT2D eigenvalue weighted by atomic mass is 10.1. The van der Waals surface area contributed by atoms with Crippen molar-refractivity contribution < 1.29 is 9.52 Å². The van der Waals surface area contributed by atoms with Gasteiger partial charge in [-0.05, 0) is 34.5 Å². The first kappa shape index (κ1) is 7.68. The Morgan fingerprint density at radius 1 is 1.42 bits per heavy atom. The predicted molar refractivity (Wildman–Crippen MR) is 50.3 cm³/mol. The molecule has 0 unspecified atom stereocenters. The normalized spacial score (nSPS) is 10.8. The average molecular weight is 227 g/mol. The molecule has 0 aliphatic heterocycles.